The first-order valence-electron chi connectivity index (χ1n) is 12.3. The summed E-state index contributed by atoms with van der Waals surface area (Å²) < 4.78 is 13.5. The van der Waals surface area contributed by atoms with Crippen LogP contribution in [0.3, 0.4) is 0 Å². The van der Waals surface area contributed by atoms with Crippen LogP contribution in [0.15, 0.2) is 54.7 Å². The Morgan fingerprint density at radius 1 is 1.17 bits per heavy atom. The number of nitrogens with two attached hydrogens (primary N) is 1. The summed E-state index contributed by atoms with van der Waals surface area (Å²) in [4.78, 5) is 31.7. The third-order valence-corrected chi connectivity index (χ3v) is 6.28. The van der Waals surface area contributed by atoms with Gasteiger partial charge in [-0.1, -0.05) is 43.3 Å². The summed E-state index contributed by atoms with van der Waals surface area (Å²) in [6.45, 7) is 7.51. The van der Waals surface area contributed by atoms with Gasteiger partial charge in [0.1, 0.15) is 18.5 Å². The van der Waals surface area contributed by atoms with Crippen LogP contribution in [0.25, 0.3) is 5.52 Å². The number of pyridine rings is 1. The molecule has 1 saturated heterocycles. The van der Waals surface area contributed by atoms with E-state index in [0.29, 0.717) is 31.4 Å². The van der Waals surface area contributed by atoms with Gasteiger partial charge in [0, 0.05) is 13.1 Å². The molecule has 3 heterocycles. The maximum absolute atomic E-state index is 12.8. The Hall–Kier alpha value is -3.43. The lowest BCUT2D eigenvalue weighted by Crippen LogP contribution is -2.51. The van der Waals surface area contributed by atoms with Crippen molar-refractivity contribution in [2.45, 2.75) is 52.0 Å². The Kier molecular flexibility index (Phi) is 7.91. The van der Waals surface area contributed by atoms with E-state index in [1.165, 1.54) is 0 Å². The number of likely N-dealkylation sites (tertiary alicyclic amines) is 1. The molecular formula is C27H35N5O4. The smallest absolute Gasteiger partial charge is 0.410 e. The molecule has 9 nitrogen and oxygen atoms in total. The van der Waals surface area contributed by atoms with Crippen molar-refractivity contribution in [1.29, 1.82) is 0 Å². The second-order valence-corrected chi connectivity index (χ2v) is 10.0. The van der Waals surface area contributed by atoms with Gasteiger partial charge in [-0.3, -0.25) is 9.20 Å². The first-order valence-corrected chi connectivity index (χ1v) is 12.3. The van der Waals surface area contributed by atoms with E-state index in [9.17, 15) is 9.59 Å². The van der Waals surface area contributed by atoms with Crippen LogP contribution >= 0.6 is 0 Å². The molecule has 0 spiro atoms. The van der Waals surface area contributed by atoms with Crippen LogP contribution in [0.5, 0.6) is 0 Å². The van der Waals surface area contributed by atoms with Gasteiger partial charge in [0.15, 0.2) is 0 Å². The van der Waals surface area contributed by atoms with Gasteiger partial charge in [-0.05, 0) is 43.9 Å². The maximum atomic E-state index is 12.8. The van der Waals surface area contributed by atoms with Gasteiger partial charge in [0.2, 0.25) is 5.91 Å². The molecule has 1 fully saturated rings. The summed E-state index contributed by atoms with van der Waals surface area (Å²) in [6.07, 6.45) is 2.39. The number of rotatable bonds is 9. The van der Waals surface area contributed by atoms with Crippen molar-refractivity contribution in [3.63, 3.8) is 0 Å². The van der Waals surface area contributed by atoms with Crippen molar-refractivity contribution in [2.75, 3.05) is 19.7 Å². The van der Waals surface area contributed by atoms with Crippen molar-refractivity contribution in [3.05, 3.63) is 71.8 Å². The van der Waals surface area contributed by atoms with Gasteiger partial charge in [-0.25, -0.2) is 9.78 Å². The lowest BCUT2D eigenvalue weighted by atomic mass is 10.1. The number of amides is 2. The predicted octanol–water partition coefficient (Wildman–Crippen LogP) is 3.42. The number of carbonyl (C=O) groups is 2. The van der Waals surface area contributed by atoms with E-state index in [4.69, 9.17) is 15.2 Å². The fourth-order valence-corrected chi connectivity index (χ4v) is 4.22. The fourth-order valence-electron chi connectivity index (χ4n) is 4.22. The Bertz CT molecular complexity index is 1190. The van der Waals surface area contributed by atoms with E-state index in [1.807, 2.05) is 52.9 Å². The molecule has 1 aliphatic heterocycles. The summed E-state index contributed by atoms with van der Waals surface area (Å²) in [5.74, 6) is 0.741. The molecule has 192 valence electrons. The van der Waals surface area contributed by atoms with Crippen LogP contribution in [0, 0.1) is 5.92 Å². The molecule has 0 aliphatic carbocycles. The zero-order valence-corrected chi connectivity index (χ0v) is 21.1. The number of nitrogens with zero attached hydrogens (tertiary/aromatic N) is 3. The SMILES string of the molecule is C[C@@H]1CCN(C(=O)OCc2cccc3cnc([C@@H](COCc4ccccc4)NC(=O)C(C)(C)N)n23)C1. The number of ether oxygens (including phenoxy) is 2. The van der Waals surface area contributed by atoms with Crippen molar-refractivity contribution in [1.82, 2.24) is 19.6 Å². The van der Waals surface area contributed by atoms with Crippen molar-refractivity contribution in [3.8, 4) is 0 Å². The number of benzene rings is 1. The third-order valence-electron chi connectivity index (χ3n) is 6.28. The topological polar surface area (TPSA) is 111 Å². The second-order valence-electron chi connectivity index (χ2n) is 10.0. The summed E-state index contributed by atoms with van der Waals surface area (Å²) in [5, 5.41) is 2.99. The molecule has 9 heteroatoms. The number of carbonyl (C=O) groups excluding carboxylic acids is 2. The summed E-state index contributed by atoms with van der Waals surface area (Å²) in [7, 11) is 0. The highest BCUT2D eigenvalue weighted by molar-refractivity contribution is 5.85. The lowest BCUT2D eigenvalue weighted by Gasteiger charge is -2.24. The molecule has 1 aromatic carbocycles. The maximum Gasteiger partial charge on any atom is 0.410 e. The number of nitrogens with one attached hydrogen (secondary N) is 1. The largest absolute Gasteiger partial charge is 0.443 e. The molecule has 3 N–H and O–H groups in total. The zero-order chi connectivity index (χ0) is 25.7. The normalized spacial score (nSPS) is 16.8. The Balaban J connectivity index is 1.55. The van der Waals surface area contributed by atoms with Gasteiger partial charge in [0.05, 0.1) is 36.2 Å². The minimum absolute atomic E-state index is 0.0817. The zero-order valence-electron chi connectivity index (χ0n) is 21.1. The molecule has 4 rings (SSSR count). The van der Waals surface area contributed by atoms with Crippen LogP contribution in [0.4, 0.5) is 4.79 Å². The van der Waals surface area contributed by atoms with Gasteiger partial charge < -0.3 is 25.4 Å². The highest BCUT2D eigenvalue weighted by Gasteiger charge is 2.28. The molecule has 2 aromatic heterocycles. The van der Waals surface area contributed by atoms with Crippen LogP contribution in [0.1, 0.15) is 50.3 Å². The first-order chi connectivity index (χ1) is 17.2. The van der Waals surface area contributed by atoms with Gasteiger partial charge in [-0.2, -0.15) is 0 Å². The Morgan fingerprint density at radius 3 is 2.64 bits per heavy atom. The highest BCUT2D eigenvalue weighted by atomic mass is 16.6. The summed E-state index contributed by atoms with van der Waals surface area (Å²) in [6, 6.07) is 14.9. The van der Waals surface area contributed by atoms with Gasteiger partial charge in [-0.15, -0.1) is 0 Å². The number of aromatic nitrogens is 2. The minimum Gasteiger partial charge on any atom is -0.443 e. The molecule has 0 saturated carbocycles. The Morgan fingerprint density at radius 2 is 1.94 bits per heavy atom. The molecule has 1 aliphatic rings. The van der Waals surface area contributed by atoms with Crippen LogP contribution in [0.2, 0.25) is 0 Å². The van der Waals surface area contributed by atoms with Gasteiger partial charge in [0.25, 0.3) is 0 Å². The van der Waals surface area contributed by atoms with E-state index < -0.39 is 11.6 Å². The summed E-state index contributed by atoms with van der Waals surface area (Å²) in [5.41, 5.74) is 7.57. The standard InChI is InChI=1S/C27H35N5O4/c1-19-12-13-31(15-19)26(34)36-17-22-11-7-10-21-14-29-24(32(21)22)23(30-25(33)27(2,3)28)18-35-16-20-8-5-4-6-9-20/h4-11,14,19,23H,12-13,15-18,28H2,1-3H3,(H,30,33)/t19-,23-/m1/s1. The van der Waals surface area contributed by atoms with E-state index in [0.717, 1.165) is 23.2 Å². The van der Waals surface area contributed by atoms with E-state index >= 15 is 0 Å². The fraction of sp³-hybridized carbons (Fsp3) is 0.444. The van der Waals surface area contributed by atoms with Crippen molar-refractivity contribution < 1.29 is 19.1 Å². The first kappa shape index (κ1) is 25.7. The molecule has 3 aromatic rings. The van der Waals surface area contributed by atoms with Crippen molar-refractivity contribution in [2.24, 2.45) is 11.7 Å². The number of fused-ring (bicyclic) bond motifs is 1. The average Bonchev–Trinajstić information content (AvgIpc) is 3.48. The molecule has 0 radical (unpaired) electrons. The molecule has 36 heavy (non-hydrogen) atoms. The van der Waals surface area contributed by atoms with Crippen LogP contribution in [-0.4, -0.2) is 51.5 Å². The van der Waals surface area contributed by atoms with E-state index in [-0.39, 0.29) is 25.2 Å². The molecular weight excluding hydrogens is 458 g/mol. The monoisotopic (exact) mass is 493 g/mol. The molecule has 0 bridgehead atoms. The van der Waals surface area contributed by atoms with Gasteiger partial charge >= 0.3 is 6.09 Å². The number of hydrogen-bond donors (Lipinski definition) is 2. The average molecular weight is 494 g/mol. The van der Waals surface area contributed by atoms with E-state index in [1.54, 1.807) is 24.9 Å². The lowest BCUT2D eigenvalue weighted by molar-refractivity contribution is -0.126. The van der Waals surface area contributed by atoms with Crippen LogP contribution < -0.4 is 11.1 Å². The Labute approximate surface area is 211 Å². The predicted molar refractivity (Wildman–Crippen MR) is 136 cm³/mol. The second kappa shape index (κ2) is 11.1. The minimum atomic E-state index is -1.07. The van der Waals surface area contributed by atoms with E-state index in [2.05, 4.69) is 17.2 Å². The molecule has 2 amide bonds. The van der Waals surface area contributed by atoms with Crippen LogP contribution in [-0.2, 0) is 27.5 Å². The third kappa shape index (κ3) is 6.22. The number of hydrogen-bond acceptors (Lipinski definition) is 6. The van der Waals surface area contributed by atoms with Crippen molar-refractivity contribution >= 4 is 17.5 Å². The quantitative estimate of drug-likeness (QED) is 0.473. The molecule has 2 atom stereocenters. The number of imidazole rings is 1. The highest BCUT2D eigenvalue weighted by Crippen LogP contribution is 2.21. The molecule has 0 unspecified atom stereocenters. The summed E-state index contributed by atoms with van der Waals surface area (Å²) >= 11 is 0.